The van der Waals surface area contributed by atoms with Crippen molar-refractivity contribution in [2.24, 2.45) is 0 Å². The zero-order valence-electron chi connectivity index (χ0n) is 14.8. The number of hydrogen-bond donors (Lipinski definition) is 0. The Morgan fingerprint density at radius 3 is 2.44 bits per heavy atom. The lowest BCUT2D eigenvalue weighted by Gasteiger charge is -2.18. The first-order chi connectivity index (χ1) is 12.3. The Labute approximate surface area is 149 Å². The zero-order valence-corrected chi connectivity index (χ0v) is 14.8. The van der Waals surface area contributed by atoms with Crippen molar-refractivity contribution in [3.63, 3.8) is 0 Å². The summed E-state index contributed by atoms with van der Waals surface area (Å²) in [6.07, 6.45) is 10.9. The van der Waals surface area contributed by atoms with Crippen molar-refractivity contribution in [2.75, 3.05) is 6.61 Å². The number of aryl methyl sites for hydroxylation is 2. The predicted octanol–water partition coefficient (Wildman–Crippen LogP) is 6.35. The maximum Gasteiger partial charge on any atom is 0.106 e. The topological polar surface area (TPSA) is 9.23 Å². The number of benzene rings is 3. The molecule has 0 radical (unpaired) electrons. The van der Waals surface area contributed by atoms with E-state index < -0.39 is 0 Å². The van der Waals surface area contributed by atoms with Crippen LogP contribution >= 0.6 is 0 Å². The normalized spacial score (nSPS) is 15.8. The number of ether oxygens (including phenoxy) is 1. The Bertz CT molecular complexity index is 962. The third-order valence-electron chi connectivity index (χ3n) is 5.19. The van der Waals surface area contributed by atoms with E-state index in [1.807, 2.05) is 12.2 Å². The van der Waals surface area contributed by atoms with Gasteiger partial charge in [-0.1, -0.05) is 48.5 Å². The van der Waals surface area contributed by atoms with Gasteiger partial charge < -0.3 is 4.74 Å². The van der Waals surface area contributed by atoms with E-state index in [1.165, 1.54) is 52.8 Å². The van der Waals surface area contributed by atoms with Gasteiger partial charge in [0, 0.05) is 0 Å². The highest BCUT2D eigenvalue weighted by atomic mass is 16.5. The van der Waals surface area contributed by atoms with Crippen molar-refractivity contribution >= 4 is 21.5 Å². The smallest absolute Gasteiger partial charge is 0.106 e. The molecule has 0 aromatic heterocycles. The Morgan fingerprint density at radius 2 is 1.64 bits per heavy atom. The second-order valence-electron chi connectivity index (χ2n) is 6.88. The minimum Gasteiger partial charge on any atom is -0.497 e. The van der Waals surface area contributed by atoms with E-state index in [9.17, 15) is 0 Å². The Morgan fingerprint density at radius 1 is 0.800 bits per heavy atom. The SMILES string of the molecule is CC1=CCOC=C1.c1ccc2c(c1)ccc1c3c(ccc12)CCCC3. The first kappa shape index (κ1) is 16.0. The van der Waals surface area contributed by atoms with E-state index in [0.29, 0.717) is 0 Å². The molecule has 3 aromatic carbocycles. The second kappa shape index (κ2) is 7.14. The maximum atomic E-state index is 4.88. The molecule has 0 saturated carbocycles. The van der Waals surface area contributed by atoms with E-state index in [4.69, 9.17) is 4.74 Å². The number of allylic oxidation sites excluding steroid dienone is 2. The monoisotopic (exact) mass is 328 g/mol. The summed E-state index contributed by atoms with van der Waals surface area (Å²) in [5.41, 5.74) is 4.46. The quantitative estimate of drug-likeness (QED) is 0.437. The van der Waals surface area contributed by atoms with Crippen LogP contribution in [0.15, 0.2) is 72.5 Å². The predicted molar refractivity (Wildman–Crippen MR) is 107 cm³/mol. The molecule has 25 heavy (non-hydrogen) atoms. The van der Waals surface area contributed by atoms with Gasteiger partial charge in [0.2, 0.25) is 0 Å². The van der Waals surface area contributed by atoms with Crippen LogP contribution in [0.2, 0.25) is 0 Å². The third kappa shape index (κ3) is 3.32. The molecule has 0 atom stereocenters. The lowest BCUT2D eigenvalue weighted by atomic mass is 9.86. The molecular formula is C24H24O. The summed E-state index contributed by atoms with van der Waals surface area (Å²) >= 11 is 0. The first-order valence-corrected chi connectivity index (χ1v) is 9.20. The zero-order chi connectivity index (χ0) is 17.1. The number of hydrogen-bond acceptors (Lipinski definition) is 1. The molecule has 1 heterocycles. The molecule has 0 amide bonds. The lowest BCUT2D eigenvalue weighted by molar-refractivity contribution is 0.284. The van der Waals surface area contributed by atoms with Gasteiger partial charge in [0.15, 0.2) is 0 Å². The Kier molecular flexibility index (Phi) is 4.56. The van der Waals surface area contributed by atoms with E-state index in [2.05, 4.69) is 55.5 Å². The standard InChI is InChI=1S/C18H16.C6H8O/c1-3-7-15-13(5-1)9-11-18-16-8-4-2-6-14(16)10-12-17(15)18;1-6-2-4-7-5-3-6/h1,3,5,7,9-12H,2,4,6,8H2;2-4H,5H2,1H3. The van der Waals surface area contributed by atoms with Crippen LogP contribution in [0, 0.1) is 0 Å². The molecule has 0 N–H and O–H groups in total. The third-order valence-corrected chi connectivity index (χ3v) is 5.19. The average Bonchev–Trinajstić information content (AvgIpc) is 2.68. The minimum absolute atomic E-state index is 0.738. The van der Waals surface area contributed by atoms with Gasteiger partial charge in [-0.05, 0) is 83.0 Å². The Hall–Kier alpha value is -2.54. The largest absolute Gasteiger partial charge is 0.497 e. The molecule has 1 aliphatic carbocycles. The van der Waals surface area contributed by atoms with Gasteiger partial charge in [-0.3, -0.25) is 0 Å². The molecule has 0 spiro atoms. The average molecular weight is 328 g/mol. The van der Waals surface area contributed by atoms with Crippen LogP contribution in [0.5, 0.6) is 0 Å². The van der Waals surface area contributed by atoms with Gasteiger partial charge in [0.25, 0.3) is 0 Å². The molecule has 0 fully saturated rings. The highest BCUT2D eigenvalue weighted by Gasteiger charge is 2.13. The van der Waals surface area contributed by atoms with Crippen LogP contribution in [-0.2, 0) is 17.6 Å². The second-order valence-corrected chi connectivity index (χ2v) is 6.88. The van der Waals surface area contributed by atoms with Crippen molar-refractivity contribution in [2.45, 2.75) is 32.6 Å². The van der Waals surface area contributed by atoms with Crippen LogP contribution in [0.25, 0.3) is 21.5 Å². The number of fused-ring (bicyclic) bond motifs is 5. The molecule has 1 heteroatoms. The minimum atomic E-state index is 0.738. The summed E-state index contributed by atoms with van der Waals surface area (Å²) in [6.45, 7) is 2.79. The fraction of sp³-hybridized carbons (Fsp3) is 0.250. The van der Waals surface area contributed by atoms with Gasteiger partial charge in [-0.2, -0.15) is 0 Å². The molecule has 1 aliphatic heterocycles. The van der Waals surface area contributed by atoms with E-state index in [1.54, 1.807) is 17.4 Å². The van der Waals surface area contributed by atoms with E-state index in [-0.39, 0.29) is 0 Å². The fourth-order valence-corrected chi connectivity index (χ4v) is 3.80. The van der Waals surface area contributed by atoms with Crippen LogP contribution in [0.1, 0.15) is 30.9 Å². The summed E-state index contributed by atoms with van der Waals surface area (Å²) in [4.78, 5) is 0. The van der Waals surface area contributed by atoms with E-state index >= 15 is 0 Å². The first-order valence-electron chi connectivity index (χ1n) is 9.20. The molecule has 0 unspecified atom stereocenters. The van der Waals surface area contributed by atoms with Crippen molar-refractivity contribution < 1.29 is 4.74 Å². The summed E-state index contributed by atoms with van der Waals surface area (Å²) < 4.78 is 4.88. The summed E-state index contributed by atoms with van der Waals surface area (Å²) in [5.74, 6) is 0. The number of rotatable bonds is 0. The van der Waals surface area contributed by atoms with Gasteiger partial charge in [0.1, 0.15) is 6.61 Å². The van der Waals surface area contributed by atoms with Crippen LogP contribution in [0.4, 0.5) is 0 Å². The molecule has 2 aliphatic rings. The highest BCUT2D eigenvalue weighted by molar-refractivity contribution is 6.08. The molecule has 1 nitrogen and oxygen atoms in total. The van der Waals surface area contributed by atoms with Crippen LogP contribution in [0.3, 0.4) is 0 Å². The molecular weight excluding hydrogens is 304 g/mol. The summed E-state index contributed by atoms with van der Waals surface area (Å²) in [6, 6.07) is 18.0. The summed E-state index contributed by atoms with van der Waals surface area (Å²) in [5, 5.41) is 5.64. The van der Waals surface area contributed by atoms with Crippen LogP contribution in [-0.4, -0.2) is 6.61 Å². The van der Waals surface area contributed by atoms with Crippen molar-refractivity contribution in [3.8, 4) is 0 Å². The molecule has 5 rings (SSSR count). The Balaban J connectivity index is 0.000000190. The molecule has 126 valence electrons. The highest BCUT2D eigenvalue weighted by Crippen LogP contribution is 2.33. The van der Waals surface area contributed by atoms with Gasteiger partial charge in [-0.15, -0.1) is 0 Å². The van der Waals surface area contributed by atoms with Crippen molar-refractivity contribution in [1.82, 2.24) is 0 Å². The molecule has 0 bridgehead atoms. The molecule has 3 aromatic rings. The van der Waals surface area contributed by atoms with Crippen molar-refractivity contribution in [3.05, 3.63) is 83.6 Å². The van der Waals surface area contributed by atoms with E-state index in [0.717, 1.165) is 6.61 Å². The fourth-order valence-electron chi connectivity index (χ4n) is 3.80. The van der Waals surface area contributed by atoms with Crippen molar-refractivity contribution in [1.29, 1.82) is 0 Å². The maximum absolute atomic E-state index is 4.88. The van der Waals surface area contributed by atoms with Crippen LogP contribution < -0.4 is 0 Å². The van der Waals surface area contributed by atoms with Gasteiger partial charge in [0.05, 0.1) is 6.26 Å². The molecule has 0 saturated heterocycles. The van der Waals surface area contributed by atoms with Gasteiger partial charge in [-0.25, -0.2) is 0 Å². The lowest BCUT2D eigenvalue weighted by Crippen LogP contribution is -2.02. The summed E-state index contributed by atoms with van der Waals surface area (Å²) in [7, 11) is 0. The van der Waals surface area contributed by atoms with Gasteiger partial charge >= 0.3 is 0 Å².